The van der Waals surface area contributed by atoms with E-state index < -0.39 is 0 Å². The van der Waals surface area contributed by atoms with Crippen molar-refractivity contribution in [1.29, 1.82) is 0 Å². The number of halogens is 2. The maximum absolute atomic E-state index is 12.4. The molecule has 0 aromatic heterocycles. The third-order valence-corrected chi connectivity index (χ3v) is 5.93. The maximum atomic E-state index is 12.4. The summed E-state index contributed by atoms with van der Waals surface area (Å²) in [6.45, 7) is 5.49. The van der Waals surface area contributed by atoms with Gasteiger partial charge >= 0.3 is 0 Å². The van der Waals surface area contributed by atoms with Crippen LogP contribution in [0.25, 0.3) is 6.08 Å². The zero-order chi connectivity index (χ0) is 25.0. The first-order valence-corrected chi connectivity index (χ1v) is 12.7. The number of ether oxygens (including phenoxy) is 3. The topological polar surface area (TPSA) is 56.8 Å². The van der Waals surface area contributed by atoms with E-state index in [9.17, 15) is 4.79 Å². The fourth-order valence-corrected chi connectivity index (χ4v) is 3.94. The highest BCUT2D eigenvalue weighted by Crippen LogP contribution is 2.38. The third-order valence-electron chi connectivity index (χ3n) is 4.98. The van der Waals surface area contributed by atoms with E-state index in [0.717, 1.165) is 29.7 Å². The Labute approximate surface area is 220 Å². The van der Waals surface area contributed by atoms with Crippen molar-refractivity contribution >= 4 is 45.2 Å². The van der Waals surface area contributed by atoms with Crippen LogP contribution < -0.4 is 19.5 Å². The van der Waals surface area contributed by atoms with Crippen molar-refractivity contribution in [3.63, 3.8) is 0 Å². The zero-order valence-electron chi connectivity index (χ0n) is 19.9. The Morgan fingerprint density at radius 2 is 1.80 bits per heavy atom. The molecule has 3 rings (SSSR count). The average molecular weight is 559 g/mol. The third kappa shape index (κ3) is 8.34. The maximum Gasteiger partial charge on any atom is 0.248 e. The number of rotatable bonds is 12. The molecule has 35 heavy (non-hydrogen) atoms. The summed E-state index contributed by atoms with van der Waals surface area (Å²) >= 11 is 9.81. The van der Waals surface area contributed by atoms with Crippen molar-refractivity contribution in [1.82, 2.24) is 0 Å². The monoisotopic (exact) mass is 557 g/mol. The van der Waals surface area contributed by atoms with Crippen molar-refractivity contribution < 1.29 is 19.0 Å². The average Bonchev–Trinajstić information content (AvgIpc) is 2.85. The number of unbranched alkanes of at least 4 members (excludes halogenated alkanes) is 1. The van der Waals surface area contributed by atoms with Crippen LogP contribution in [0.2, 0.25) is 5.02 Å². The van der Waals surface area contributed by atoms with Crippen LogP contribution in [-0.4, -0.2) is 19.1 Å². The number of anilines is 1. The van der Waals surface area contributed by atoms with Gasteiger partial charge in [0.15, 0.2) is 11.5 Å². The summed E-state index contributed by atoms with van der Waals surface area (Å²) in [6, 6.07) is 18.6. The predicted octanol–water partition coefficient (Wildman–Crippen LogP) is 7.91. The summed E-state index contributed by atoms with van der Waals surface area (Å²) in [6.07, 6.45) is 5.30. The van der Waals surface area contributed by atoms with E-state index in [1.165, 1.54) is 6.08 Å². The van der Waals surface area contributed by atoms with E-state index >= 15 is 0 Å². The van der Waals surface area contributed by atoms with Gasteiger partial charge in [0.1, 0.15) is 12.4 Å². The molecule has 0 aliphatic rings. The molecule has 5 nitrogen and oxygen atoms in total. The van der Waals surface area contributed by atoms with E-state index in [1.807, 2.05) is 67.6 Å². The van der Waals surface area contributed by atoms with E-state index in [4.69, 9.17) is 25.8 Å². The van der Waals surface area contributed by atoms with Crippen molar-refractivity contribution in [2.75, 3.05) is 18.5 Å². The fraction of sp³-hybridized carbons (Fsp3) is 0.250. The minimum atomic E-state index is -0.238. The van der Waals surface area contributed by atoms with Gasteiger partial charge in [0, 0.05) is 22.3 Å². The van der Waals surface area contributed by atoms with Gasteiger partial charge in [-0.25, -0.2) is 0 Å². The summed E-state index contributed by atoms with van der Waals surface area (Å²) < 4.78 is 18.2. The molecule has 0 radical (unpaired) electrons. The SMILES string of the molecule is CCCCOc1ccc(NC(=O)/C=C/c2cc(Br)c(OCc3ccccc3Cl)c(OCC)c2)cc1. The van der Waals surface area contributed by atoms with E-state index in [2.05, 4.69) is 28.2 Å². The van der Waals surface area contributed by atoms with Crippen LogP contribution >= 0.6 is 27.5 Å². The lowest BCUT2D eigenvalue weighted by atomic mass is 10.1. The molecule has 0 heterocycles. The van der Waals surface area contributed by atoms with Crippen LogP contribution in [0.1, 0.15) is 37.8 Å². The highest BCUT2D eigenvalue weighted by atomic mass is 79.9. The molecular formula is C28H29BrClNO4. The van der Waals surface area contributed by atoms with Gasteiger partial charge in [-0.1, -0.05) is 43.1 Å². The molecule has 3 aromatic rings. The highest BCUT2D eigenvalue weighted by molar-refractivity contribution is 9.10. The molecule has 0 bridgehead atoms. The van der Waals surface area contributed by atoms with Crippen molar-refractivity contribution in [3.05, 3.63) is 87.4 Å². The Kier molecular flexibility index (Phi) is 10.5. The molecule has 0 saturated carbocycles. The molecule has 1 N–H and O–H groups in total. The van der Waals surface area contributed by atoms with Crippen molar-refractivity contribution in [3.8, 4) is 17.2 Å². The van der Waals surface area contributed by atoms with Crippen LogP contribution in [0, 0.1) is 0 Å². The Morgan fingerprint density at radius 1 is 1.03 bits per heavy atom. The van der Waals surface area contributed by atoms with Gasteiger partial charge in [-0.05, 0) is 83.4 Å². The normalized spacial score (nSPS) is 10.9. The Balaban J connectivity index is 1.65. The number of carbonyl (C=O) groups excluding carboxylic acids is 1. The standard InChI is InChI=1S/C28H29BrClNO4/c1-3-5-16-34-23-13-11-22(12-14-23)31-27(32)15-10-20-17-24(29)28(26(18-20)33-4-2)35-19-21-8-6-7-9-25(21)30/h6-15,17-18H,3-5,16,19H2,1-2H3,(H,31,32)/b15-10+. The quantitative estimate of drug-likeness (QED) is 0.181. The molecule has 1 amide bonds. The largest absolute Gasteiger partial charge is 0.494 e. The highest BCUT2D eigenvalue weighted by Gasteiger charge is 2.13. The molecule has 0 atom stereocenters. The van der Waals surface area contributed by atoms with Gasteiger partial charge in [0.2, 0.25) is 5.91 Å². The van der Waals surface area contributed by atoms with Crippen LogP contribution in [0.3, 0.4) is 0 Å². The minimum absolute atomic E-state index is 0.238. The smallest absolute Gasteiger partial charge is 0.248 e. The van der Waals surface area contributed by atoms with Gasteiger partial charge in [-0.3, -0.25) is 4.79 Å². The van der Waals surface area contributed by atoms with Crippen LogP contribution in [0.4, 0.5) is 5.69 Å². The molecule has 0 saturated heterocycles. The number of benzene rings is 3. The number of amides is 1. The molecule has 3 aromatic carbocycles. The first kappa shape index (κ1) is 26.6. The molecule has 0 spiro atoms. The predicted molar refractivity (Wildman–Crippen MR) is 146 cm³/mol. The lowest BCUT2D eigenvalue weighted by Crippen LogP contribution is -2.07. The van der Waals surface area contributed by atoms with Gasteiger partial charge in [0.05, 0.1) is 17.7 Å². The van der Waals surface area contributed by atoms with Crippen molar-refractivity contribution in [2.45, 2.75) is 33.3 Å². The summed E-state index contributed by atoms with van der Waals surface area (Å²) in [4.78, 5) is 12.4. The molecule has 0 fully saturated rings. The lowest BCUT2D eigenvalue weighted by molar-refractivity contribution is -0.111. The summed E-state index contributed by atoms with van der Waals surface area (Å²) in [5.41, 5.74) is 2.37. The summed E-state index contributed by atoms with van der Waals surface area (Å²) in [7, 11) is 0. The Morgan fingerprint density at radius 3 is 2.51 bits per heavy atom. The molecule has 184 valence electrons. The van der Waals surface area contributed by atoms with Gasteiger partial charge in [-0.15, -0.1) is 0 Å². The van der Waals surface area contributed by atoms with E-state index in [0.29, 0.717) is 46.5 Å². The number of nitrogens with one attached hydrogen (secondary N) is 1. The second-order valence-corrected chi connectivity index (χ2v) is 8.95. The van der Waals surface area contributed by atoms with Gasteiger partial charge < -0.3 is 19.5 Å². The van der Waals surface area contributed by atoms with Crippen molar-refractivity contribution in [2.24, 2.45) is 0 Å². The molecular weight excluding hydrogens is 530 g/mol. The zero-order valence-corrected chi connectivity index (χ0v) is 22.2. The lowest BCUT2D eigenvalue weighted by Gasteiger charge is -2.15. The molecule has 7 heteroatoms. The molecule has 0 aliphatic carbocycles. The fourth-order valence-electron chi connectivity index (χ4n) is 3.18. The second-order valence-electron chi connectivity index (χ2n) is 7.69. The Bertz CT molecular complexity index is 1150. The van der Waals surface area contributed by atoms with E-state index in [1.54, 1.807) is 6.08 Å². The number of hydrogen-bond acceptors (Lipinski definition) is 4. The first-order chi connectivity index (χ1) is 17.0. The number of carbonyl (C=O) groups is 1. The van der Waals surface area contributed by atoms with Crippen LogP contribution in [0.15, 0.2) is 71.2 Å². The molecule has 0 unspecified atom stereocenters. The number of hydrogen-bond donors (Lipinski definition) is 1. The second kappa shape index (κ2) is 13.8. The Hall–Kier alpha value is -2.96. The first-order valence-electron chi connectivity index (χ1n) is 11.5. The molecule has 0 aliphatic heterocycles. The summed E-state index contributed by atoms with van der Waals surface area (Å²) in [5, 5.41) is 3.50. The summed E-state index contributed by atoms with van der Waals surface area (Å²) in [5.74, 6) is 1.71. The minimum Gasteiger partial charge on any atom is -0.494 e. The van der Waals surface area contributed by atoms with Gasteiger partial charge in [-0.2, -0.15) is 0 Å². The van der Waals surface area contributed by atoms with Crippen LogP contribution in [-0.2, 0) is 11.4 Å². The van der Waals surface area contributed by atoms with E-state index in [-0.39, 0.29) is 5.91 Å². The van der Waals surface area contributed by atoms with Gasteiger partial charge in [0.25, 0.3) is 0 Å². The van der Waals surface area contributed by atoms with Crippen LogP contribution in [0.5, 0.6) is 17.2 Å².